The molecule has 1 rings (SSSR count). The lowest BCUT2D eigenvalue weighted by atomic mass is 9.96. The van der Waals surface area contributed by atoms with E-state index in [0.717, 1.165) is 18.5 Å². The third kappa shape index (κ3) is 2.34. The van der Waals surface area contributed by atoms with Crippen molar-refractivity contribution in [2.75, 3.05) is 6.54 Å². The van der Waals surface area contributed by atoms with Crippen LogP contribution in [0.5, 0.6) is 0 Å². The van der Waals surface area contributed by atoms with Gasteiger partial charge in [0.1, 0.15) is 0 Å². The molecular formula is C12H23N. The smallest absolute Gasteiger partial charge is 0.0196 e. The van der Waals surface area contributed by atoms with E-state index < -0.39 is 0 Å². The fraction of sp³-hybridized carbons (Fsp3) is 0.833. The van der Waals surface area contributed by atoms with E-state index in [-0.39, 0.29) is 0 Å². The molecule has 0 aromatic heterocycles. The van der Waals surface area contributed by atoms with Crippen LogP contribution >= 0.6 is 0 Å². The fourth-order valence-corrected chi connectivity index (χ4v) is 2.22. The zero-order valence-corrected chi connectivity index (χ0v) is 9.51. The monoisotopic (exact) mass is 181 g/mol. The lowest BCUT2D eigenvalue weighted by Gasteiger charge is -2.31. The second-order valence-corrected chi connectivity index (χ2v) is 4.67. The fourth-order valence-electron chi connectivity index (χ4n) is 2.22. The van der Waals surface area contributed by atoms with Crippen molar-refractivity contribution in [3.8, 4) is 0 Å². The Morgan fingerprint density at radius 1 is 1.46 bits per heavy atom. The van der Waals surface area contributed by atoms with E-state index in [4.69, 9.17) is 0 Å². The Morgan fingerprint density at radius 3 is 2.54 bits per heavy atom. The highest BCUT2D eigenvalue weighted by Gasteiger charge is 2.31. The quantitative estimate of drug-likeness (QED) is 0.605. The van der Waals surface area contributed by atoms with Gasteiger partial charge in [-0.2, -0.15) is 0 Å². The molecule has 1 saturated heterocycles. The summed E-state index contributed by atoms with van der Waals surface area (Å²) in [5.74, 6) is 0.807. The van der Waals surface area contributed by atoms with Crippen molar-refractivity contribution in [3.63, 3.8) is 0 Å². The summed E-state index contributed by atoms with van der Waals surface area (Å²) in [5, 5.41) is 0. The molecule has 0 N–H and O–H groups in total. The maximum Gasteiger partial charge on any atom is 0.0196 e. The van der Waals surface area contributed by atoms with Crippen molar-refractivity contribution in [2.24, 2.45) is 5.92 Å². The summed E-state index contributed by atoms with van der Waals surface area (Å²) in [6.07, 6.45) is 2.49. The second kappa shape index (κ2) is 4.28. The molecule has 0 amide bonds. The van der Waals surface area contributed by atoms with Gasteiger partial charge >= 0.3 is 0 Å². The van der Waals surface area contributed by atoms with Crippen molar-refractivity contribution < 1.29 is 0 Å². The SMILES string of the molecule is C=C1CC(C(C)CC)N(C(C)C)C1. The first-order valence-corrected chi connectivity index (χ1v) is 5.48. The average Bonchev–Trinajstić information content (AvgIpc) is 2.46. The molecule has 0 aliphatic carbocycles. The highest BCUT2D eigenvalue weighted by molar-refractivity contribution is 5.09. The molecule has 1 aliphatic rings. The van der Waals surface area contributed by atoms with E-state index in [2.05, 4.69) is 39.2 Å². The molecule has 2 atom stereocenters. The van der Waals surface area contributed by atoms with E-state index in [1.165, 1.54) is 18.4 Å². The topological polar surface area (TPSA) is 3.24 Å². The van der Waals surface area contributed by atoms with Gasteiger partial charge in [0, 0.05) is 18.6 Å². The molecule has 2 unspecified atom stereocenters. The zero-order chi connectivity index (χ0) is 10.0. The zero-order valence-electron chi connectivity index (χ0n) is 9.51. The van der Waals surface area contributed by atoms with Gasteiger partial charge in [-0.15, -0.1) is 0 Å². The highest BCUT2D eigenvalue weighted by atomic mass is 15.2. The molecule has 0 spiro atoms. The second-order valence-electron chi connectivity index (χ2n) is 4.67. The standard InChI is InChI=1S/C12H23N/c1-6-11(5)12-7-10(4)8-13(12)9(2)3/h9,11-12H,4,6-8H2,1-3,5H3. The van der Waals surface area contributed by atoms with Gasteiger partial charge in [-0.25, -0.2) is 0 Å². The molecule has 0 saturated carbocycles. The van der Waals surface area contributed by atoms with E-state index in [1.807, 2.05) is 0 Å². The number of nitrogens with zero attached hydrogens (tertiary/aromatic N) is 1. The molecule has 1 fully saturated rings. The molecule has 0 radical (unpaired) electrons. The lowest BCUT2D eigenvalue weighted by Crippen LogP contribution is -2.39. The maximum atomic E-state index is 4.11. The van der Waals surface area contributed by atoms with E-state index in [9.17, 15) is 0 Å². The third-order valence-corrected chi connectivity index (χ3v) is 3.29. The summed E-state index contributed by atoms with van der Waals surface area (Å²) < 4.78 is 0. The van der Waals surface area contributed by atoms with Gasteiger partial charge in [0.05, 0.1) is 0 Å². The minimum Gasteiger partial charge on any atom is -0.293 e. The molecular weight excluding hydrogens is 158 g/mol. The van der Waals surface area contributed by atoms with Crippen LogP contribution in [0.25, 0.3) is 0 Å². The van der Waals surface area contributed by atoms with Gasteiger partial charge in [-0.3, -0.25) is 4.90 Å². The molecule has 1 aliphatic heterocycles. The number of likely N-dealkylation sites (tertiary alicyclic amines) is 1. The predicted octanol–water partition coefficient (Wildman–Crippen LogP) is 3.07. The van der Waals surface area contributed by atoms with E-state index >= 15 is 0 Å². The van der Waals surface area contributed by atoms with Crippen LogP contribution in [0.1, 0.15) is 40.5 Å². The van der Waals surface area contributed by atoms with Gasteiger partial charge in [0.2, 0.25) is 0 Å². The molecule has 0 aromatic rings. The van der Waals surface area contributed by atoms with Crippen molar-refractivity contribution in [2.45, 2.75) is 52.6 Å². The van der Waals surface area contributed by atoms with Crippen molar-refractivity contribution in [1.29, 1.82) is 0 Å². The Bertz CT molecular complexity index is 184. The Labute approximate surface area is 82.8 Å². The largest absolute Gasteiger partial charge is 0.293 e. The van der Waals surface area contributed by atoms with Crippen LogP contribution in [0.3, 0.4) is 0 Å². The summed E-state index contributed by atoms with van der Waals surface area (Å²) in [7, 11) is 0. The van der Waals surface area contributed by atoms with Crippen LogP contribution in [0, 0.1) is 5.92 Å². The highest BCUT2D eigenvalue weighted by Crippen LogP contribution is 2.29. The molecule has 76 valence electrons. The van der Waals surface area contributed by atoms with Crippen LogP contribution in [0.4, 0.5) is 0 Å². The summed E-state index contributed by atoms with van der Waals surface area (Å²) in [4.78, 5) is 2.59. The predicted molar refractivity (Wildman–Crippen MR) is 58.8 cm³/mol. The molecule has 0 bridgehead atoms. The van der Waals surface area contributed by atoms with Crippen LogP contribution in [-0.4, -0.2) is 23.5 Å². The Morgan fingerprint density at radius 2 is 2.08 bits per heavy atom. The Balaban J connectivity index is 2.65. The number of hydrogen-bond donors (Lipinski definition) is 0. The number of hydrogen-bond acceptors (Lipinski definition) is 1. The average molecular weight is 181 g/mol. The van der Waals surface area contributed by atoms with Gasteiger partial charge < -0.3 is 0 Å². The molecule has 1 heteroatoms. The van der Waals surface area contributed by atoms with E-state index in [0.29, 0.717) is 6.04 Å². The first-order chi connectivity index (χ1) is 6.06. The first-order valence-electron chi connectivity index (χ1n) is 5.48. The van der Waals surface area contributed by atoms with Crippen molar-refractivity contribution in [1.82, 2.24) is 4.90 Å². The first kappa shape index (κ1) is 10.8. The molecule has 0 aromatic carbocycles. The van der Waals surface area contributed by atoms with E-state index in [1.54, 1.807) is 0 Å². The van der Waals surface area contributed by atoms with Crippen LogP contribution in [0.15, 0.2) is 12.2 Å². The van der Waals surface area contributed by atoms with Crippen LogP contribution < -0.4 is 0 Å². The summed E-state index contributed by atoms with van der Waals surface area (Å²) in [6, 6.07) is 1.41. The number of rotatable bonds is 3. The van der Waals surface area contributed by atoms with Gasteiger partial charge in [-0.1, -0.05) is 32.4 Å². The van der Waals surface area contributed by atoms with Crippen molar-refractivity contribution in [3.05, 3.63) is 12.2 Å². The summed E-state index contributed by atoms with van der Waals surface area (Å²) in [6.45, 7) is 14.4. The van der Waals surface area contributed by atoms with Gasteiger partial charge in [0.25, 0.3) is 0 Å². The third-order valence-electron chi connectivity index (χ3n) is 3.29. The lowest BCUT2D eigenvalue weighted by molar-refractivity contribution is 0.157. The van der Waals surface area contributed by atoms with Crippen LogP contribution in [-0.2, 0) is 0 Å². The van der Waals surface area contributed by atoms with Gasteiger partial charge in [-0.05, 0) is 26.2 Å². The van der Waals surface area contributed by atoms with Crippen molar-refractivity contribution >= 4 is 0 Å². The maximum absolute atomic E-state index is 4.11. The molecule has 1 nitrogen and oxygen atoms in total. The normalized spacial score (nSPS) is 27.2. The molecule has 1 heterocycles. The molecule has 13 heavy (non-hydrogen) atoms. The minimum atomic E-state index is 0.665. The Hall–Kier alpha value is -0.300. The Kier molecular flexibility index (Phi) is 3.55. The van der Waals surface area contributed by atoms with Crippen LogP contribution in [0.2, 0.25) is 0 Å². The summed E-state index contributed by atoms with van der Waals surface area (Å²) >= 11 is 0. The minimum absolute atomic E-state index is 0.665. The van der Waals surface area contributed by atoms with Gasteiger partial charge in [0.15, 0.2) is 0 Å². The summed E-state index contributed by atoms with van der Waals surface area (Å²) in [5.41, 5.74) is 1.42.